The first kappa shape index (κ1) is 16.9. The number of nitrogens with zero attached hydrogens (tertiary/aromatic N) is 1. The first-order valence-corrected chi connectivity index (χ1v) is 8.68. The van der Waals surface area contributed by atoms with E-state index in [0.717, 1.165) is 5.56 Å². The van der Waals surface area contributed by atoms with Gasteiger partial charge in [0, 0.05) is 13.0 Å². The third-order valence-corrected chi connectivity index (χ3v) is 4.40. The molecule has 0 aliphatic carbocycles. The van der Waals surface area contributed by atoms with Gasteiger partial charge in [-0.1, -0.05) is 42.5 Å². The van der Waals surface area contributed by atoms with Crippen LogP contribution >= 0.6 is 0 Å². The van der Waals surface area contributed by atoms with Gasteiger partial charge in [0.2, 0.25) is 5.91 Å². The van der Waals surface area contributed by atoms with Gasteiger partial charge in [-0.2, -0.15) is 0 Å². The summed E-state index contributed by atoms with van der Waals surface area (Å²) in [5.41, 5.74) is 2.12. The number of oxazole rings is 1. The Labute approximate surface area is 155 Å². The maximum Gasteiger partial charge on any atom is 0.419 e. The normalized spacial score (nSPS) is 12.1. The minimum atomic E-state index is -0.463. The molecule has 0 spiro atoms. The van der Waals surface area contributed by atoms with Crippen LogP contribution in [0.5, 0.6) is 0 Å². The third kappa shape index (κ3) is 3.55. The van der Waals surface area contributed by atoms with Crippen LogP contribution in [0, 0.1) is 0 Å². The number of furan rings is 1. The molecule has 6 heteroatoms. The van der Waals surface area contributed by atoms with E-state index in [1.807, 2.05) is 42.5 Å². The summed E-state index contributed by atoms with van der Waals surface area (Å²) in [6.07, 6.45) is 1.72. The number of rotatable bonds is 6. The van der Waals surface area contributed by atoms with Crippen LogP contribution in [-0.2, 0) is 11.3 Å². The zero-order valence-electron chi connectivity index (χ0n) is 14.5. The Bertz CT molecular complexity index is 1090. The lowest BCUT2D eigenvalue weighted by atomic mass is 10.0. The molecule has 2 heterocycles. The van der Waals surface area contributed by atoms with Gasteiger partial charge in [-0.3, -0.25) is 9.36 Å². The van der Waals surface area contributed by atoms with Crippen molar-refractivity contribution in [1.29, 1.82) is 0 Å². The number of nitrogens with one attached hydrogen (secondary N) is 1. The molecule has 2 aromatic heterocycles. The lowest BCUT2D eigenvalue weighted by Crippen LogP contribution is -2.30. The molecule has 1 N–H and O–H groups in total. The first-order valence-electron chi connectivity index (χ1n) is 8.68. The maximum absolute atomic E-state index is 12.6. The summed E-state index contributed by atoms with van der Waals surface area (Å²) in [5, 5.41) is 2.99. The van der Waals surface area contributed by atoms with Crippen molar-refractivity contribution in [2.45, 2.75) is 19.0 Å². The van der Waals surface area contributed by atoms with Gasteiger partial charge in [0.1, 0.15) is 11.8 Å². The van der Waals surface area contributed by atoms with Gasteiger partial charge in [0.25, 0.3) is 0 Å². The zero-order valence-corrected chi connectivity index (χ0v) is 14.5. The predicted octanol–water partition coefficient (Wildman–Crippen LogP) is 3.48. The number of fused-ring (bicyclic) bond motifs is 1. The van der Waals surface area contributed by atoms with Crippen molar-refractivity contribution in [2.75, 3.05) is 0 Å². The molecule has 1 unspecified atom stereocenters. The Morgan fingerprint density at radius 3 is 2.56 bits per heavy atom. The predicted molar refractivity (Wildman–Crippen MR) is 100 cm³/mol. The molecule has 0 aliphatic rings. The van der Waals surface area contributed by atoms with Crippen LogP contribution in [0.4, 0.5) is 0 Å². The van der Waals surface area contributed by atoms with Crippen molar-refractivity contribution in [3.05, 3.63) is 94.9 Å². The lowest BCUT2D eigenvalue weighted by Gasteiger charge is -2.17. The van der Waals surface area contributed by atoms with Gasteiger partial charge in [-0.25, -0.2) is 4.79 Å². The van der Waals surface area contributed by atoms with E-state index in [2.05, 4.69) is 5.32 Å². The second-order valence-electron chi connectivity index (χ2n) is 6.16. The standard InChI is InChI=1S/C21H18N2O4/c24-19(12-13-23-16-9-4-5-10-17(16)27-21(23)25)22-20(18-11-6-14-26-18)15-7-2-1-3-8-15/h1-11,14,20H,12-13H2,(H,22,24). The first-order chi connectivity index (χ1) is 13.2. The molecule has 4 rings (SSSR count). The van der Waals surface area contributed by atoms with Crippen molar-refractivity contribution in [3.63, 3.8) is 0 Å². The van der Waals surface area contributed by atoms with E-state index in [0.29, 0.717) is 16.9 Å². The van der Waals surface area contributed by atoms with E-state index in [1.165, 1.54) is 4.57 Å². The molecule has 0 saturated heterocycles. The summed E-state index contributed by atoms with van der Waals surface area (Å²) >= 11 is 0. The average Bonchev–Trinajstić information content (AvgIpc) is 3.32. The van der Waals surface area contributed by atoms with Crippen molar-refractivity contribution < 1.29 is 13.6 Å². The van der Waals surface area contributed by atoms with Gasteiger partial charge in [0.05, 0.1) is 11.8 Å². The zero-order chi connectivity index (χ0) is 18.6. The third-order valence-electron chi connectivity index (χ3n) is 4.40. The number of aromatic nitrogens is 1. The molecule has 1 atom stereocenters. The molecule has 1 amide bonds. The van der Waals surface area contributed by atoms with E-state index in [4.69, 9.17) is 8.83 Å². The van der Waals surface area contributed by atoms with E-state index >= 15 is 0 Å². The molecular weight excluding hydrogens is 344 g/mol. The van der Waals surface area contributed by atoms with Crippen LogP contribution in [-0.4, -0.2) is 10.5 Å². The highest BCUT2D eigenvalue weighted by Crippen LogP contribution is 2.22. The van der Waals surface area contributed by atoms with Gasteiger partial charge >= 0.3 is 5.76 Å². The van der Waals surface area contributed by atoms with Gasteiger partial charge in [-0.05, 0) is 29.8 Å². The molecule has 136 valence electrons. The molecule has 0 saturated carbocycles. The average molecular weight is 362 g/mol. The highest BCUT2D eigenvalue weighted by molar-refractivity contribution is 5.77. The lowest BCUT2D eigenvalue weighted by molar-refractivity contribution is -0.121. The molecular formula is C21H18N2O4. The molecule has 0 fully saturated rings. The van der Waals surface area contributed by atoms with Crippen LogP contribution < -0.4 is 11.1 Å². The number of carbonyl (C=O) groups is 1. The number of aryl methyl sites for hydroxylation is 1. The van der Waals surface area contributed by atoms with Gasteiger partial charge < -0.3 is 14.2 Å². The summed E-state index contributed by atoms with van der Waals surface area (Å²) < 4.78 is 12.2. The van der Waals surface area contributed by atoms with Crippen LogP contribution in [0.2, 0.25) is 0 Å². The van der Waals surface area contributed by atoms with Crippen molar-refractivity contribution in [3.8, 4) is 0 Å². The molecule has 4 aromatic rings. The van der Waals surface area contributed by atoms with Crippen molar-refractivity contribution in [2.24, 2.45) is 0 Å². The topological polar surface area (TPSA) is 77.4 Å². The van der Waals surface area contributed by atoms with E-state index in [-0.39, 0.29) is 24.9 Å². The minimum absolute atomic E-state index is 0.146. The summed E-state index contributed by atoms with van der Waals surface area (Å²) in [6, 6.07) is 20.0. The number of para-hydroxylation sites is 2. The second-order valence-corrected chi connectivity index (χ2v) is 6.16. The molecule has 0 bridgehead atoms. The summed E-state index contributed by atoms with van der Waals surface area (Å²) in [5.74, 6) is 0.00700. The van der Waals surface area contributed by atoms with Crippen molar-refractivity contribution in [1.82, 2.24) is 9.88 Å². The van der Waals surface area contributed by atoms with E-state index < -0.39 is 5.76 Å². The number of carbonyl (C=O) groups excluding carboxylic acids is 1. The summed E-state index contributed by atoms with van der Waals surface area (Å²) in [4.78, 5) is 24.6. The van der Waals surface area contributed by atoms with E-state index in [9.17, 15) is 9.59 Å². The molecule has 6 nitrogen and oxygen atoms in total. The van der Waals surface area contributed by atoms with Crippen molar-refractivity contribution >= 4 is 17.0 Å². The Morgan fingerprint density at radius 2 is 1.78 bits per heavy atom. The Morgan fingerprint density at radius 1 is 1.00 bits per heavy atom. The molecule has 27 heavy (non-hydrogen) atoms. The van der Waals surface area contributed by atoms with Crippen LogP contribution in [0.25, 0.3) is 11.1 Å². The maximum atomic E-state index is 12.6. The number of amides is 1. The van der Waals surface area contributed by atoms with Crippen LogP contribution in [0.1, 0.15) is 23.8 Å². The highest BCUT2D eigenvalue weighted by atomic mass is 16.4. The fraction of sp³-hybridized carbons (Fsp3) is 0.143. The SMILES string of the molecule is O=C(CCn1c(=O)oc2ccccc21)NC(c1ccccc1)c1ccco1. The Hall–Kier alpha value is -3.54. The molecule has 0 radical (unpaired) electrons. The number of hydrogen-bond donors (Lipinski definition) is 1. The van der Waals surface area contributed by atoms with Crippen LogP contribution in [0.15, 0.2) is 86.6 Å². The van der Waals surface area contributed by atoms with E-state index in [1.54, 1.807) is 30.5 Å². The van der Waals surface area contributed by atoms with Gasteiger partial charge in [-0.15, -0.1) is 0 Å². The molecule has 2 aromatic carbocycles. The van der Waals surface area contributed by atoms with Gasteiger partial charge in [0.15, 0.2) is 5.58 Å². The highest BCUT2D eigenvalue weighted by Gasteiger charge is 2.19. The fourth-order valence-electron chi connectivity index (χ4n) is 3.09. The number of hydrogen-bond acceptors (Lipinski definition) is 4. The monoisotopic (exact) mass is 362 g/mol. The largest absolute Gasteiger partial charge is 0.467 e. The summed E-state index contributed by atoms with van der Waals surface area (Å²) in [7, 11) is 0. The number of benzene rings is 2. The fourth-order valence-corrected chi connectivity index (χ4v) is 3.09. The second kappa shape index (κ2) is 7.37. The quantitative estimate of drug-likeness (QED) is 0.570. The Kier molecular flexibility index (Phi) is 4.61. The van der Waals surface area contributed by atoms with Crippen LogP contribution in [0.3, 0.4) is 0 Å². The summed E-state index contributed by atoms with van der Waals surface area (Å²) in [6.45, 7) is 0.237. The minimum Gasteiger partial charge on any atom is -0.467 e. The Balaban J connectivity index is 1.50. The molecule has 0 aliphatic heterocycles. The smallest absolute Gasteiger partial charge is 0.419 e.